The van der Waals surface area contributed by atoms with Gasteiger partial charge in [-0.2, -0.15) is 0 Å². The Hall–Kier alpha value is -2.56. The number of nitrogens with two attached hydrogens (primary N) is 2. The molecule has 2 rings (SSSR count). The number of hydrogen-bond acceptors (Lipinski definition) is 4. The van der Waals surface area contributed by atoms with Gasteiger partial charge >= 0.3 is 5.97 Å². The van der Waals surface area contributed by atoms with E-state index in [1.54, 1.807) is 12.1 Å². The van der Waals surface area contributed by atoms with E-state index in [1.165, 1.54) is 24.3 Å². The van der Waals surface area contributed by atoms with Crippen LogP contribution < -0.4 is 16.2 Å². The minimum atomic E-state index is -0.627. The summed E-state index contributed by atoms with van der Waals surface area (Å²) in [5.41, 5.74) is 11.7. The quantitative estimate of drug-likeness (QED) is 0.483. The molecule has 0 radical (unpaired) electrons. The van der Waals surface area contributed by atoms with Crippen LogP contribution in [-0.2, 0) is 0 Å². The molecule has 0 fully saturated rings. The molecule has 0 aliphatic carbocycles. The minimum absolute atomic E-state index is 0.00211. The zero-order valence-corrected chi connectivity index (χ0v) is 9.39. The van der Waals surface area contributed by atoms with Crippen molar-refractivity contribution in [3.05, 3.63) is 53.8 Å². The molecule has 2 aromatic rings. The molecule has 18 heavy (non-hydrogen) atoms. The van der Waals surface area contributed by atoms with Crippen molar-refractivity contribution in [1.82, 2.24) is 0 Å². The van der Waals surface area contributed by atoms with Gasteiger partial charge in [0.15, 0.2) is 0 Å². The average molecular weight is 246 g/mol. The predicted molar refractivity (Wildman–Crippen MR) is 66.6 cm³/mol. The largest absolute Gasteiger partial charge is 0.423 e. The molecular weight excluding hydrogens is 235 g/mol. The fourth-order valence-corrected chi connectivity index (χ4v) is 1.36. The summed E-state index contributed by atoms with van der Waals surface area (Å²) >= 11 is 0. The van der Waals surface area contributed by atoms with Gasteiger partial charge in [-0.05, 0) is 36.4 Å². The van der Waals surface area contributed by atoms with Gasteiger partial charge in [-0.1, -0.05) is 0 Å². The Labute approximate surface area is 103 Å². The Morgan fingerprint density at radius 1 is 1.06 bits per heavy atom. The average Bonchev–Trinajstić information content (AvgIpc) is 2.34. The highest BCUT2D eigenvalue weighted by Gasteiger charge is 2.09. The lowest BCUT2D eigenvalue weighted by Gasteiger charge is -2.05. The number of nitrogen functional groups attached to an aromatic ring is 2. The molecule has 0 unspecified atom stereocenters. The molecule has 92 valence electrons. The predicted octanol–water partition coefficient (Wildman–Crippen LogP) is 2.21. The number of rotatable bonds is 2. The molecule has 0 aliphatic heterocycles. The van der Waals surface area contributed by atoms with E-state index >= 15 is 0 Å². The normalized spacial score (nSPS) is 10.1. The molecule has 0 saturated heterocycles. The Morgan fingerprint density at radius 3 is 2.33 bits per heavy atom. The number of benzene rings is 2. The molecule has 2 aromatic carbocycles. The second-order valence-electron chi connectivity index (χ2n) is 3.69. The maximum atomic E-state index is 13.2. The summed E-state index contributed by atoms with van der Waals surface area (Å²) in [6, 6.07) is 10.1. The van der Waals surface area contributed by atoms with E-state index in [1.807, 2.05) is 0 Å². The van der Waals surface area contributed by atoms with Crippen LogP contribution in [0.1, 0.15) is 10.4 Å². The van der Waals surface area contributed by atoms with Crippen molar-refractivity contribution in [3.63, 3.8) is 0 Å². The molecule has 0 saturated carbocycles. The van der Waals surface area contributed by atoms with Gasteiger partial charge in [-0.15, -0.1) is 0 Å². The number of ether oxygens (including phenoxy) is 1. The first-order valence-electron chi connectivity index (χ1n) is 5.19. The van der Waals surface area contributed by atoms with Gasteiger partial charge in [0.1, 0.15) is 11.6 Å². The zero-order valence-electron chi connectivity index (χ0n) is 9.39. The fraction of sp³-hybridized carbons (Fsp3) is 0. The lowest BCUT2D eigenvalue weighted by molar-refractivity contribution is 0.0734. The second-order valence-corrected chi connectivity index (χ2v) is 3.69. The first-order valence-corrected chi connectivity index (χ1v) is 5.19. The summed E-state index contributed by atoms with van der Waals surface area (Å²) in [5.74, 6) is -1.11. The number of anilines is 2. The summed E-state index contributed by atoms with van der Waals surface area (Å²) in [6.07, 6.45) is 0. The highest BCUT2D eigenvalue weighted by molar-refractivity contribution is 5.91. The van der Waals surface area contributed by atoms with Crippen LogP contribution in [0.4, 0.5) is 15.8 Å². The first-order chi connectivity index (χ1) is 8.56. The van der Waals surface area contributed by atoms with Crippen molar-refractivity contribution in [1.29, 1.82) is 0 Å². The third-order valence-electron chi connectivity index (χ3n) is 2.33. The summed E-state index contributed by atoms with van der Waals surface area (Å²) in [6.45, 7) is 0. The van der Waals surface area contributed by atoms with Gasteiger partial charge in [0.2, 0.25) is 0 Å². The van der Waals surface area contributed by atoms with Crippen LogP contribution >= 0.6 is 0 Å². The molecule has 4 nitrogen and oxygen atoms in total. The SMILES string of the molecule is Nc1ccc(C(=O)Oc2ccc(N)c(F)c2)cc1. The van der Waals surface area contributed by atoms with Gasteiger partial charge < -0.3 is 16.2 Å². The number of hydrogen-bond donors (Lipinski definition) is 2. The molecule has 0 bridgehead atoms. The number of esters is 1. The number of carbonyl (C=O) groups excluding carboxylic acids is 1. The van der Waals surface area contributed by atoms with Crippen molar-refractivity contribution in [2.24, 2.45) is 0 Å². The highest BCUT2D eigenvalue weighted by atomic mass is 19.1. The molecule has 0 aromatic heterocycles. The van der Waals surface area contributed by atoms with Crippen LogP contribution in [0.2, 0.25) is 0 Å². The molecule has 0 atom stereocenters. The summed E-state index contributed by atoms with van der Waals surface area (Å²) in [4.78, 5) is 11.7. The van der Waals surface area contributed by atoms with Crippen LogP contribution in [0.25, 0.3) is 0 Å². The van der Waals surface area contributed by atoms with Crippen molar-refractivity contribution in [2.45, 2.75) is 0 Å². The van der Waals surface area contributed by atoms with Gasteiger partial charge in [-0.3, -0.25) is 0 Å². The Bertz CT molecular complexity index is 582. The van der Waals surface area contributed by atoms with E-state index in [9.17, 15) is 9.18 Å². The molecular formula is C13H11FN2O2. The highest BCUT2D eigenvalue weighted by Crippen LogP contribution is 2.19. The van der Waals surface area contributed by atoms with Gasteiger partial charge in [0.25, 0.3) is 0 Å². The number of carbonyl (C=O) groups is 1. The van der Waals surface area contributed by atoms with Crippen molar-refractivity contribution >= 4 is 17.3 Å². The topological polar surface area (TPSA) is 78.3 Å². The lowest BCUT2D eigenvalue weighted by Crippen LogP contribution is -2.08. The van der Waals surface area contributed by atoms with E-state index in [0.717, 1.165) is 6.07 Å². The van der Waals surface area contributed by atoms with E-state index in [-0.39, 0.29) is 11.4 Å². The maximum Gasteiger partial charge on any atom is 0.343 e. The lowest BCUT2D eigenvalue weighted by atomic mass is 10.2. The summed E-state index contributed by atoms with van der Waals surface area (Å²) < 4.78 is 18.2. The zero-order chi connectivity index (χ0) is 13.1. The van der Waals surface area contributed by atoms with E-state index in [0.29, 0.717) is 11.3 Å². The Balaban J connectivity index is 2.16. The standard InChI is InChI=1S/C13H11FN2O2/c14-11-7-10(5-6-12(11)16)18-13(17)8-1-3-9(15)4-2-8/h1-7H,15-16H2. The van der Waals surface area contributed by atoms with Gasteiger partial charge in [0.05, 0.1) is 11.3 Å². The maximum absolute atomic E-state index is 13.2. The van der Waals surface area contributed by atoms with Crippen molar-refractivity contribution < 1.29 is 13.9 Å². The Kier molecular flexibility index (Phi) is 3.14. The van der Waals surface area contributed by atoms with Crippen LogP contribution in [0.5, 0.6) is 5.75 Å². The van der Waals surface area contributed by atoms with Crippen LogP contribution in [0, 0.1) is 5.82 Å². The van der Waals surface area contributed by atoms with Crippen molar-refractivity contribution in [3.8, 4) is 5.75 Å². The van der Waals surface area contributed by atoms with Crippen LogP contribution in [0.15, 0.2) is 42.5 Å². The smallest absolute Gasteiger partial charge is 0.343 e. The molecule has 0 spiro atoms. The fourth-order valence-electron chi connectivity index (χ4n) is 1.36. The summed E-state index contributed by atoms with van der Waals surface area (Å²) in [7, 11) is 0. The van der Waals surface area contributed by atoms with E-state index < -0.39 is 11.8 Å². The molecule has 0 aliphatic rings. The van der Waals surface area contributed by atoms with Crippen molar-refractivity contribution in [2.75, 3.05) is 11.5 Å². The van der Waals surface area contributed by atoms with E-state index in [2.05, 4.69) is 0 Å². The first kappa shape index (κ1) is 11.9. The molecule has 5 heteroatoms. The third kappa shape index (κ3) is 2.57. The Morgan fingerprint density at radius 2 is 1.72 bits per heavy atom. The van der Waals surface area contributed by atoms with Crippen LogP contribution in [0.3, 0.4) is 0 Å². The molecule has 0 heterocycles. The minimum Gasteiger partial charge on any atom is -0.423 e. The third-order valence-corrected chi connectivity index (χ3v) is 2.33. The monoisotopic (exact) mass is 246 g/mol. The van der Waals surface area contributed by atoms with Crippen LogP contribution in [-0.4, -0.2) is 5.97 Å². The van der Waals surface area contributed by atoms with Gasteiger partial charge in [0, 0.05) is 11.8 Å². The molecule has 4 N–H and O–H groups in total. The van der Waals surface area contributed by atoms with E-state index in [4.69, 9.17) is 16.2 Å². The summed E-state index contributed by atoms with van der Waals surface area (Å²) in [5, 5.41) is 0. The number of halogens is 1. The second kappa shape index (κ2) is 4.75. The van der Waals surface area contributed by atoms with Gasteiger partial charge in [-0.25, -0.2) is 9.18 Å². The molecule has 0 amide bonds.